The molecule has 0 amide bonds. The monoisotopic (exact) mass is 385 g/mol. The van der Waals surface area contributed by atoms with Gasteiger partial charge in [0.05, 0.1) is 26.7 Å². The first-order chi connectivity index (χ1) is 11.7. The van der Waals surface area contributed by atoms with Crippen molar-refractivity contribution >= 4 is 20.9 Å². The summed E-state index contributed by atoms with van der Waals surface area (Å²) in [5.74, 6) is -0.417. The Bertz CT molecular complexity index is 819. The molecule has 2 N–H and O–H groups in total. The van der Waals surface area contributed by atoms with Gasteiger partial charge in [-0.2, -0.15) is 8.42 Å². The minimum Gasteiger partial charge on any atom is -0.366 e. The highest BCUT2D eigenvalue weighted by atomic mass is 32.2. The number of hydrogen-bond donors (Lipinski definition) is 2. The van der Waals surface area contributed by atoms with Crippen molar-refractivity contribution in [3.05, 3.63) is 48.0 Å². The van der Waals surface area contributed by atoms with Gasteiger partial charge >= 0.3 is 0 Å². The lowest BCUT2D eigenvalue weighted by Gasteiger charge is -2.27. The molecule has 7 nitrogen and oxygen atoms in total. The van der Waals surface area contributed by atoms with Crippen molar-refractivity contribution in [2.24, 2.45) is 0 Å². The third-order valence-electron chi connectivity index (χ3n) is 4.05. The predicted octanol–water partition coefficient (Wildman–Crippen LogP) is 1.78. The molecule has 0 bridgehead atoms. The van der Waals surface area contributed by atoms with Gasteiger partial charge in [-0.1, -0.05) is 6.07 Å². The molecular weight excluding hydrogens is 362 g/mol. The van der Waals surface area contributed by atoms with E-state index in [9.17, 15) is 17.2 Å². The van der Waals surface area contributed by atoms with Crippen LogP contribution in [0, 0.1) is 6.92 Å². The molecule has 0 fully saturated rings. The Morgan fingerprint density at radius 1 is 1.36 bits per heavy atom. The molecule has 9 heteroatoms. The van der Waals surface area contributed by atoms with E-state index in [1.807, 2.05) is 13.0 Å². The van der Waals surface area contributed by atoms with E-state index in [0.717, 1.165) is 11.1 Å². The Hall–Kier alpha value is -1.55. The molecule has 3 atom stereocenters. The minimum absolute atomic E-state index is 0.301. The quantitative estimate of drug-likeness (QED) is 0.671. The largest absolute Gasteiger partial charge is 0.366 e. The predicted molar refractivity (Wildman–Crippen MR) is 97.4 cm³/mol. The van der Waals surface area contributed by atoms with Crippen molar-refractivity contribution in [1.82, 2.24) is 14.9 Å². The Morgan fingerprint density at radius 3 is 2.56 bits per heavy atom. The van der Waals surface area contributed by atoms with E-state index in [2.05, 4.69) is 9.97 Å². The van der Waals surface area contributed by atoms with E-state index in [0.29, 0.717) is 11.3 Å². The van der Waals surface area contributed by atoms with Crippen LogP contribution in [0.25, 0.3) is 0 Å². The van der Waals surface area contributed by atoms with Gasteiger partial charge in [0.1, 0.15) is 0 Å². The Balaban J connectivity index is 2.38. The first-order valence-electron chi connectivity index (χ1n) is 7.74. The van der Waals surface area contributed by atoms with Crippen LogP contribution in [0.15, 0.2) is 41.8 Å². The molecule has 138 valence electrons. The molecule has 3 unspecified atom stereocenters. The molecule has 2 rings (SSSR count). The summed E-state index contributed by atoms with van der Waals surface area (Å²) in [6, 6.07) is 3.11. The fourth-order valence-corrected chi connectivity index (χ4v) is 5.20. The Morgan fingerprint density at radius 2 is 2.08 bits per heavy atom. The third-order valence-corrected chi connectivity index (χ3v) is 6.71. The van der Waals surface area contributed by atoms with Crippen molar-refractivity contribution in [1.29, 1.82) is 0 Å². The molecule has 0 saturated heterocycles. The molecule has 0 saturated carbocycles. The van der Waals surface area contributed by atoms with Crippen LogP contribution in [0.5, 0.6) is 0 Å². The number of aromatic nitrogens is 2. The van der Waals surface area contributed by atoms with Crippen molar-refractivity contribution in [3.8, 4) is 0 Å². The zero-order chi connectivity index (χ0) is 18.6. The second-order valence-corrected chi connectivity index (χ2v) is 9.28. The van der Waals surface area contributed by atoms with E-state index in [1.54, 1.807) is 49.8 Å². The summed E-state index contributed by atoms with van der Waals surface area (Å²) in [5, 5.41) is -0.447. The molecule has 0 aliphatic rings. The maximum Gasteiger partial charge on any atom is 0.266 e. The van der Waals surface area contributed by atoms with Crippen LogP contribution in [-0.2, 0) is 20.9 Å². The van der Waals surface area contributed by atoms with Gasteiger partial charge in [-0.25, -0.2) is 0 Å². The number of nitrogens with one attached hydrogen (secondary N) is 1. The van der Waals surface area contributed by atoms with E-state index in [-0.39, 0.29) is 0 Å². The molecule has 0 radical (unpaired) electrons. The van der Waals surface area contributed by atoms with Gasteiger partial charge in [0.2, 0.25) is 0 Å². The number of nitrogens with zero attached hydrogens (tertiary/aromatic N) is 2. The number of hydrogen-bond acceptors (Lipinski definition) is 5. The van der Waals surface area contributed by atoms with Crippen molar-refractivity contribution in [2.75, 3.05) is 19.8 Å². The van der Waals surface area contributed by atoms with Crippen molar-refractivity contribution in [2.45, 2.75) is 29.5 Å². The SMILES string of the molecule is Cc1c[nH]cc1S(=O)C(CC(CS(=O)(=O)O)N(C)C)c1cccnc1. The van der Waals surface area contributed by atoms with Gasteiger partial charge in [0, 0.05) is 30.8 Å². The molecular formula is C16H23N3O4S2. The van der Waals surface area contributed by atoms with Crippen LogP contribution in [0.2, 0.25) is 0 Å². The average molecular weight is 386 g/mol. The number of pyridine rings is 1. The fraction of sp³-hybridized carbons (Fsp3) is 0.438. The van der Waals surface area contributed by atoms with Crippen LogP contribution in [0.3, 0.4) is 0 Å². The van der Waals surface area contributed by atoms with Crippen LogP contribution >= 0.6 is 0 Å². The summed E-state index contributed by atoms with van der Waals surface area (Å²) >= 11 is 0. The lowest BCUT2D eigenvalue weighted by Crippen LogP contribution is -2.36. The summed E-state index contributed by atoms with van der Waals surface area (Å²) in [6.07, 6.45) is 7.05. The maximum atomic E-state index is 13.2. The summed E-state index contributed by atoms with van der Waals surface area (Å²) in [6.45, 7) is 1.87. The third kappa shape index (κ3) is 5.46. The van der Waals surface area contributed by atoms with E-state index in [4.69, 9.17) is 0 Å². The molecule has 25 heavy (non-hydrogen) atoms. The molecule has 2 heterocycles. The highest BCUT2D eigenvalue weighted by molar-refractivity contribution is 7.86. The highest BCUT2D eigenvalue weighted by Crippen LogP contribution is 2.31. The molecule has 0 aliphatic carbocycles. The molecule has 0 aliphatic heterocycles. The van der Waals surface area contributed by atoms with Crippen LogP contribution in [0.1, 0.15) is 22.8 Å². The summed E-state index contributed by atoms with van der Waals surface area (Å²) in [4.78, 5) is 9.44. The Kier molecular flexibility index (Phi) is 6.50. The van der Waals surface area contributed by atoms with Gasteiger partial charge in [-0.15, -0.1) is 0 Å². The van der Waals surface area contributed by atoms with E-state index in [1.165, 1.54) is 0 Å². The van der Waals surface area contributed by atoms with Gasteiger partial charge in [-0.05, 0) is 44.6 Å². The highest BCUT2D eigenvalue weighted by Gasteiger charge is 2.29. The van der Waals surface area contributed by atoms with E-state index >= 15 is 0 Å². The molecule has 0 spiro atoms. The summed E-state index contributed by atoms with van der Waals surface area (Å²) in [5.41, 5.74) is 1.65. The van der Waals surface area contributed by atoms with Crippen LogP contribution < -0.4 is 0 Å². The smallest absolute Gasteiger partial charge is 0.266 e. The van der Waals surface area contributed by atoms with Gasteiger partial charge in [0.25, 0.3) is 10.1 Å². The zero-order valence-electron chi connectivity index (χ0n) is 14.4. The van der Waals surface area contributed by atoms with Crippen molar-refractivity contribution < 1.29 is 17.2 Å². The van der Waals surface area contributed by atoms with Gasteiger partial charge in [0.15, 0.2) is 0 Å². The average Bonchev–Trinajstić information content (AvgIpc) is 2.96. The lowest BCUT2D eigenvalue weighted by atomic mass is 10.1. The number of rotatable bonds is 8. The molecule has 2 aromatic heterocycles. The minimum atomic E-state index is -4.15. The van der Waals surface area contributed by atoms with Crippen LogP contribution in [0.4, 0.5) is 0 Å². The summed E-state index contributed by atoms with van der Waals surface area (Å²) in [7, 11) is -2.07. The lowest BCUT2D eigenvalue weighted by molar-refractivity contribution is 0.293. The van der Waals surface area contributed by atoms with E-state index < -0.39 is 38.0 Å². The first kappa shape index (κ1) is 19.8. The number of aryl methyl sites for hydroxylation is 1. The second-order valence-electron chi connectivity index (χ2n) is 6.18. The van der Waals surface area contributed by atoms with Crippen LogP contribution in [-0.4, -0.2) is 57.9 Å². The maximum absolute atomic E-state index is 13.2. The normalized spacial score (nSPS) is 15.9. The molecule has 2 aromatic rings. The Labute approximate surface area is 150 Å². The number of aromatic amines is 1. The van der Waals surface area contributed by atoms with Gasteiger partial charge < -0.3 is 9.88 Å². The topological polar surface area (TPSA) is 103 Å². The first-order valence-corrected chi connectivity index (χ1v) is 10.6. The van der Waals surface area contributed by atoms with Gasteiger partial charge in [-0.3, -0.25) is 13.7 Å². The second kappa shape index (κ2) is 8.22. The molecule has 0 aromatic carbocycles. The number of H-pyrrole nitrogens is 1. The van der Waals surface area contributed by atoms with Crippen molar-refractivity contribution in [3.63, 3.8) is 0 Å². The standard InChI is InChI=1S/C16H23N3O4S2/c1-12-8-18-10-16(12)24(20)15(13-5-4-6-17-9-13)7-14(19(2)3)11-25(21,22)23/h4-6,8-10,14-15,18H,7,11H2,1-3H3,(H,21,22,23). The fourth-order valence-electron chi connectivity index (χ4n) is 2.63. The summed E-state index contributed by atoms with van der Waals surface area (Å²) < 4.78 is 45.1. The zero-order valence-corrected chi connectivity index (χ0v) is 16.0.